The number of benzene rings is 2. The molecule has 0 spiro atoms. The van der Waals surface area contributed by atoms with E-state index in [2.05, 4.69) is 20.1 Å². The molecule has 7 heteroatoms. The molecule has 1 saturated heterocycles. The number of imidazole rings is 1. The van der Waals surface area contributed by atoms with E-state index in [1.54, 1.807) is 12.1 Å². The lowest BCUT2D eigenvalue weighted by Crippen LogP contribution is -2.29. The van der Waals surface area contributed by atoms with Gasteiger partial charge in [0.1, 0.15) is 11.6 Å². The van der Waals surface area contributed by atoms with E-state index in [1.165, 1.54) is 12.1 Å². The largest absolute Gasteiger partial charge is 0.380 e. The Morgan fingerprint density at radius 3 is 2.68 bits per heavy atom. The van der Waals surface area contributed by atoms with Crippen molar-refractivity contribution in [3.05, 3.63) is 77.5 Å². The maximum Gasteiger partial charge on any atom is 0.227 e. The van der Waals surface area contributed by atoms with Gasteiger partial charge in [-0.2, -0.15) is 4.98 Å². The minimum Gasteiger partial charge on any atom is -0.380 e. The number of ether oxygens (including phenoxy) is 1. The smallest absolute Gasteiger partial charge is 0.227 e. The fourth-order valence-corrected chi connectivity index (χ4v) is 3.77. The number of aromatic amines is 1. The molecule has 1 aliphatic heterocycles. The molecule has 1 fully saturated rings. The van der Waals surface area contributed by atoms with Crippen LogP contribution in [0.5, 0.6) is 0 Å². The molecule has 2 aromatic carbocycles. The summed E-state index contributed by atoms with van der Waals surface area (Å²) in [7, 11) is 0. The number of fused-ring (bicyclic) bond motifs is 1. The first-order chi connectivity index (χ1) is 13.7. The second kappa shape index (κ2) is 6.83. The Morgan fingerprint density at radius 1 is 1.04 bits per heavy atom. The lowest BCUT2D eigenvalue weighted by Gasteiger charge is -2.23. The van der Waals surface area contributed by atoms with Crippen molar-refractivity contribution in [2.75, 3.05) is 13.2 Å². The molecule has 3 heterocycles. The van der Waals surface area contributed by atoms with E-state index in [-0.39, 0.29) is 5.82 Å². The first-order valence-electron chi connectivity index (χ1n) is 9.33. The number of nitrogens with zero attached hydrogens (tertiary/aromatic N) is 3. The number of halogens is 1. The highest BCUT2D eigenvalue weighted by atomic mass is 19.1. The Bertz CT molecular complexity index is 1060. The first kappa shape index (κ1) is 17.1. The minimum atomic E-state index is -0.491. The molecule has 1 N–H and O–H groups in total. The molecule has 6 nitrogen and oxygen atoms in total. The Balaban J connectivity index is 1.37. The van der Waals surface area contributed by atoms with E-state index >= 15 is 0 Å². The van der Waals surface area contributed by atoms with Crippen molar-refractivity contribution in [1.29, 1.82) is 0 Å². The Labute approximate surface area is 160 Å². The lowest BCUT2D eigenvalue weighted by atomic mass is 9.79. The molecular weight excluding hydrogens is 359 g/mol. The highest BCUT2D eigenvalue weighted by Crippen LogP contribution is 2.38. The van der Waals surface area contributed by atoms with Crippen LogP contribution in [0.15, 0.2) is 53.1 Å². The molecule has 0 amide bonds. The van der Waals surface area contributed by atoms with Crippen LogP contribution in [0.1, 0.15) is 29.5 Å². The summed E-state index contributed by atoms with van der Waals surface area (Å²) in [6.45, 7) is 1.07. The molecule has 0 unspecified atom stereocenters. The number of hydrogen-bond acceptors (Lipinski definition) is 5. The molecule has 28 heavy (non-hydrogen) atoms. The standard InChI is InChI=1S/C21H19FN4O2/c22-15-7-5-14(6-8-15)21(11-12-27-13-21)20-25-19(28-26-20)10-9-18-23-16-3-1-2-4-17(16)24-18/h1-8H,9-13H2,(H,23,24)/t21-/m0/s1. The molecule has 0 saturated carbocycles. The van der Waals surface area contributed by atoms with Crippen LogP contribution in [0.2, 0.25) is 0 Å². The molecule has 1 atom stereocenters. The van der Waals surface area contributed by atoms with Crippen LogP contribution >= 0.6 is 0 Å². The van der Waals surface area contributed by atoms with Gasteiger partial charge >= 0.3 is 0 Å². The van der Waals surface area contributed by atoms with Gasteiger partial charge in [0, 0.05) is 19.4 Å². The third kappa shape index (κ3) is 2.97. The first-order valence-corrected chi connectivity index (χ1v) is 9.33. The number of rotatable bonds is 5. The van der Waals surface area contributed by atoms with Gasteiger partial charge in [0.05, 0.1) is 23.1 Å². The van der Waals surface area contributed by atoms with Crippen molar-refractivity contribution in [2.45, 2.75) is 24.7 Å². The van der Waals surface area contributed by atoms with Crippen LogP contribution < -0.4 is 0 Å². The quantitative estimate of drug-likeness (QED) is 0.574. The number of para-hydroxylation sites is 2. The normalized spacial score (nSPS) is 19.5. The van der Waals surface area contributed by atoms with Gasteiger partial charge in [0.15, 0.2) is 5.82 Å². The van der Waals surface area contributed by atoms with Crippen LogP contribution in [0.25, 0.3) is 11.0 Å². The molecule has 0 aliphatic carbocycles. The van der Waals surface area contributed by atoms with Gasteiger partial charge in [0.25, 0.3) is 0 Å². The van der Waals surface area contributed by atoms with Crippen LogP contribution in [-0.4, -0.2) is 33.3 Å². The van der Waals surface area contributed by atoms with Gasteiger partial charge in [-0.15, -0.1) is 0 Å². The minimum absolute atomic E-state index is 0.266. The van der Waals surface area contributed by atoms with Crippen LogP contribution in [0.3, 0.4) is 0 Å². The third-order valence-corrected chi connectivity index (χ3v) is 5.33. The van der Waals surface area contributed by atoms with Crippen molar-refractivity contribution in [2.24, 2.45) is 0 Å². The van der Waals surface area contributed by atoms with E-state index in [9.17, 15) is 4.39 Å². The Hall–Kier alpha value is -3.06. The summed E-state index contributed by atoms with van der Waals surface area (Å²) in [4.78, 5) is 12.5. The number of aromatic nitrogens is 4. The number of aryl methyl sites for hydroxylation is 2. The molecule has 0 bridgehead atoms. The fraction of sp³-hybridized carbons (Fsp3) is 0.286. The maximum absolute atomic E-state index is 13.4. The van der Waals surface area contributed by atoms with Crippen molar-refractivity contribution in [3.8, 4) is 0 Å². The van der Waals surface area contributed by atoms with Crippen molar-refractivity contribution in [1.82, 2.24) is 20.1 Å². The van der Waals surface area contributed by atoms with Crippen LogP contribution in [-0.2, 0) is 23.0 Å². The molecule has 1 aliphatic rings. The summed E-state index contributed by atoms with van der Waals surface area (Å²) in [5.41, 5.74) is 2.41. The van der Waals surface area contributed by atoms with Crippen molar-refractivity contribution in [3.63, 3.8) is 0 Å². The number of H-pyrrole nitrogens is 1. The third-order valence-electron chi connectivity index (χ3n) is 5.33. The zero-order valence-electron chi connectivity index (χ0n) is 15.2. The fourth-order valence-electron chi connectivity index (χ4n) is 3.77. The zero-order valence-corrected chi connectivity index (χ0v) is 15.2. The summed E-state index contributed by atoms with van der Waals surface area (Å²) >= 11 is 0. The van der Waals surface area contributed by atoms with Crippen LogP contribution in [0, 0.1) is 5.82 Å². The van der Waals surface area contributed by atoms with E-state index < -0.39 is 5.41 Å². The average Bonchev–Trinajstić information content (AvgIpc) is 3.45. The summed E-state index contributed by atoms with van der Waals surface area (Å²) in [6, 6.07) is 14.4. The second-order valence-electron chi connectivity index (χ2n) is 7.10. The summed E-state index contributed by atoms with van der Waals surface area (Å²) in [5, 5.41) is 4.23. The SMILES string of the molecule is Fc1ccc([C@]2(c3noc(CCc4nc5ccccc5[nH]4)n3)CCOC2)cc1. The van der Waals surface area contributed by atoms with Gasteiger partial charge in [-0.05, 0) is 36.2 Å². The molecule has 2 aromatic heterocycles. The number of nitrogens with one attached hydrogen (secondary N) is 1. The van der Waals surface area contributed by atoms with E-state index in [1.807, 2.05) is 24.3 Å². The molecule has 5 rings (SSSR count). The van der Waals surface area contributed by atoms with Crippen molar-refractivity contribution >= 4 is 11.0 Å². The topological polar surface area (TPSA) is 76.8 Å². The van der Waals surface area contributed by atoms with Crippen LogP contribution in [0.4, 0.5) is 4.39 Å². The predicted molar refractivity (Wildman–Crippen MR) is 100 cm³/mol. The highest BCUT2D eigenvalue weighted by Gasteiger charge is 2.42. The summed E-state index contributed by atoms with van der Waals surface area (Å²) in [5.74, 6) is 1.77. The molecule has 0 radical (unpaired) electrons. The second-order valence-corrected chi connectivity index (χ2v) is 7.10. The van der Waals surface area contributed by atoms with E-state index in [0.29, 0.717) is 37.8 Å². The molecular formula is C21H19FN4O2. The lowest BCUT2D eigenvalue weighted by molar-refractivity contribution is 0.182. The molecule has 4 aromatic rings. The monoisotopic (exact) mass is 378 g/mol. The zero-order chi connectivity index (χ0) is 19.0. The highest BCUT2D eigenvalue weighted by molar-refractivity contribution is 5.74. The summed E-state index contributed by atoms with van der Waals surface area (Å²) < 4.78 is 24.5. The van der Waals surface area contributed by atoms with E-state index in [4.69, 9.17) is 9.26 Å². The number of hydrogen-bond donors (Lipinski definition) is 1. The van der Waals surface area contributed by atoms with Gasteiger partial charge in [-0.1, -0.05) is 29.4 Å². The van der Waals surface area contributed by atoms with Gasteiger partial charge < -0.3 is 14.2 Å². The Morgan fingerprint density at radius 2 is 1.89 bits per heavy atom. The summed E-state index contributed by atoms with van der Waals surface area (Å²) in [6.07, 6.45) is 2.00. The van der Waals surface area contributed by atoms with Gasteiger partial charge in [0.2, 0.25) is 5.89 Å². The maximum atomic E-state index is 13.4. The van der Waals surface area contributed by atoms with Gasteiger partial charge in [-0.25, -0.2) is 9.37 Å². The van der Waals surface area contributed by atoms with Gasteiger partial charge in [-0.3, -0.25) is 0 Å². The van der Waals surface area contributed by atoms with E-state index in [0.717, 1.165) is 28.8 Å². The average molecular weight is 378 g/mol. The Kier molecular flexibility index (Phi) is 4.16. The molecule has 142 valence electrons. The predicted octanol–water partition coefficient (Wildman–Crippen LogP) is 3.58. The van der Waals surface area contributed by atoms with Crippen molar-refractivity contribution < 1.29 is 13.7 Å².